The number of rotatable bonds is 5. The van der Waals surface area contributed by atoms with E-state index in [1.807, 2.05) is 5.57 Å². The van der Waals surface area contributed by atoms with Gasteiger partial charge in [0.05, 0.1) is 0 Å². The molecule has 0 nitrogen and oxygen atoms in total. The Kier molecular flexibility index (Phi) is 6.17. The van der Waals surface area contributed by atoms with Crippen LogP contribution in [0.25, 0.3) is 0 Å². The SMILES string of the molecule is CC(C)CCC[C@@H](C)[C@@H]1CC[C@@H]2[C@H]3CC=C4C[C@@H](Br)CC[C@]4(C)[C@@H]3CC[C@@]21C. The summed E-state index contributed by atoms with van der Waals surface area (Å²) in [7, 11) is 0. The second kappa shape index (κ2) is 8.05. The Labute approximate surface area is 183 Å². The number of hydrogen-bond acceptors (Lipinski definition) is 0. The van der Waals surface area contributed by atoms with E-state index in [-0.39, 0.29) is 0 Å². The van der Waals surface area contributed by atoms with E-state index in [1.54, 1.807) is 0 Å². The molecular formula is C27H45Br. The number of fused-ring (bicyclic) bond motifs is 5. The highest BCUT2D eigenvalue weighted by Crippen LogP contribution is 2.67. The fourth-order valence-electron chi connectivity index (χ4n) is 8.64. The van der Waals surface area contributed by atoms with Crippen LogP contribution in [-0.4, -0.2) is 4.83 Å². The summed E-state index contributed by atoms with van der Waals surface area (Å²) in [5.74, 6) is 5.74. The average Bonchev–Trinajstić information content (AvgIpc) is 2.99. The third kappa shape index (κ3) is 3.58. The van der Waals surface area contributed by atoms with Crippen molar-refractivity contribution in [1.29, 1.82) is 0 Å². The minimum atomic E-state index is 0.523. The summed E-state index contributed by atoms with van der Waals surface area (Å²) >= 11 is 3.93. The molecule has 0 bridgehead atoms. The first-order valence-electron chi connectivity index (χ1n) is 12.6. The Morgan fingerprint density at radius 3 is 2.54 bits per heavy atom. The van der Waals surface area contributed by atoms with Gasteiger partial charge < -0.3 is 0 Å². The number of allylic oxidation sites excluding steroid dienone is 2. The van der Waals surface area contributed by atoms with Crippen LogP contribution >= 0.6 is 15.9 Å². The van der Waals surface area contributed by atoms with Gasteiger partial charge in [-0.2, -0.15) is 0 Å². The minimum Gasteiger partial charge on any atom is -0.0887 e. The molecule has 1 heteroatoms. The Balaban J connectivity index is 1.49. The van der Waals surface area contributed by atoms with Crippen LogP contribution < -0.4 is 0 Å². The van der Waals surface area contributed by atoms with Crippen LogP contribution in [0.2, 0.25) is 0 Å². The summed E-state index contributed by atoms with van der Waals surface area (Å²) in [6, 6.07) is 0. The van der Waals surface area contributed by atoms with E-state index >= 15 is 0 Å². The summed E-state index contributed by atoms with van der Waals surface area (Å²) in [6.07, 6.45) is 18.6. The molecular weight excluding hydrogens is 404 g/mol. The van der Waals surface area contributed by atoms with Crippen molar-refractivity contribution in [2.45, 2.75) is 110 Å². The van der Waals surface area contributed by atoms with Crippen molar-refractivity contribution < 1.29 is 0 Å². The fourth-order valence-corrected chi connectivity index (χ4v) is 9.22. The molecule has 3 saturated carbocycles. The zero-order valence-corrected chi connectivity index (χ0v) is 20.9. The molecule has 3 fully saturated rings. The molecule has 0 amide bonds. The summed E-state index contributed by atoms with van der Waals surface area (Å²) < 4.78 is 0. The zero-order valence-electron chi connectivity index (χ0n) is 19.3. The van der Waals surface area contributed by atoms with Gasteiger partial charge in [0.25, 0.3) is 0 Å². The molecule has 0 radical (unpaired) electrons. The summed E-state index contributed by atoms with van der Waals surface area (Å²) in [5.41, 5.74) is 2.98. The van der Waals surface area contributed by atoms with Crippen molar-refractivity contribution >= 4 is 15.9 Å². The Bertz CT molecular complexity index is 591. The maximum atomic E-state index is 3.93. The largest absolute Gasteiger partial charge is 0.0887 e. The molecule has 0 N–H and O–H groups in total. The molecule has 0 saturated heterocycles. The molecule has 0 aromatic heterocycles. The van der Waals surface area contributed by atoms with Crippen LogP contribution in [0.5, 0.6) is 0 Å². The molecule has 4 aliphatic rings. The molecule has 0 unspecified atom stereocenters. The quantitative estimate of drug-likeness (QED) is 0.291. The Morgan fingerprint density at radius 2 is 1.79 bits per heavy atom. The van der Waals surface area contributed by atoms with Gasteiger partial charge >= 0.3 is 0 Å². The topological polar surface area (TPSA) is 0 Å². The van der Waals surface area contributed by atoms with Gasteiger partial charge in [-0.3, -0.25) is 0 Å². The van der Waals surface area contributed by atoms with Crippen molar-refractivity contribution in [2.75, 3.05) is 0 Å². The van der Waals surface area contributed by atoms with Gasteiger partial charge in [0.2, 0.25) is 0 Å². The molecule has 4 rings (SSSR count). The van der Waals surface area contributed by atoms with E-state index < -0.39 is 0 Å². The second-order valence-corrected chi connectivity index (χ2v) is 13.4. The van der Waals surface area contributed by atoms with Gasteiger partial charge in [-0.25, -0.2) is 0 Å². The highest BCUT2D eigenvalue weighted by Gasteiger charge is 2.58. The van der Waals surface area contributed by atoms with Crippen molar-refractivity contribution in [3.8, 4) is 0 Å². The highest BCUT2D eigenvalue weighted by atomic mass is 79.9. The highest BCUT2D eigenvalue weighted by molar-refractivity contribution is 9.09. The van der Waals surface area contributed by atoms with Crippen LogP contribution in [0.4, 0.5) is 0 Å². The first-order chi connectivity index (χ1) is 13.3. The summed E-state index contributed by atoms with van der Waals surface area (Å²) in [5, 5.41) is 0. The standard InChI is InChI=1S/C27H45Br/c1-18(2)7-6-8-19(3)23-11-12-24-22-10-9-20-17-21(28)13-15-26(20,4)25(22)14-16-27(23,24)5/h9,18-19,21-25H,6-8,10-17H2,1-5H3/t19-,21+,22-,23+,24-,25-,26+,27-/m1/s1. The maximum Gasteiger partial charge on any atom is 0.0183 e. The second-order valence-electron chi connectivity index (χ2n) is 12.1. The van der Waals surface area contributed by atoms with Crippen LogP contribution in [-0.2, 0) is 0 Å². The molecule has 8 atom stereocenters. The van der Waals surface area contributed by atoms with Crippen molar-refractivity contribution in [2.24, 2.45) is 46.3 Å². The normalized spacial score (nSPS) is 46.5. The number of halogens is 1. The lowest BCUT2D eigenvalue weighted by molar-refractivity contribution is -0.0496. The Hall–Kier alpha value is 0.220. The molecule has 160 valence electrons. The van der Waals surface area contributed by atoms with Crippen molar-refractivity contribution in [1.82, 2.24) is 0 Å². The van der Waals surface area contributed by atoms with Gasteiger partial charge in [-0.15, -0.1) is 0 Å². The number of hydrogen-bond donors (Lipinski definition) is 0. The van der Waals surface area contributed by atoms with Crippen molar-refractivity contribution in [3.63, 3.8) is 0 Å². The lowest BCUT2D eigenvalue weighted by atomic mass is 9.47. The molecule has 0 aliphatic heterocycles. The first-order valence-corrected chi connectivity index (χ1v) is 13.5. The van der Waals surface area contributed by atoms with Gasteiger partial charge in [0.15, 0.2) is 0 Å². The monoisotopic (exact) mass is 448 g/mol. The number of alkyl halides is 1. The molecule has 0 spiro atoms. The molecule has 0 aromatic rings. The van der Waals surface area contributed by atoms with E-state index in [0.29, 0.717) is 10.8 Å². The van der Waals surface area contributed by atoms with Crippen LogP contribution in [0.15, 0.2) is 11.6 Å². The van der Waals surface area contributed by atoms with Gasteiger partial charge in [-0.05, 0) is 97.7 Å². The van der Waals surface area contributed by atoms with Crippen LogP contribution in [0.3, 0.4) is 0 Å². The van der Waals surface area contributed by atoms with E-state index in [2.05, 4.69) is 56.6 Å². The Morgan fingerprint density at radius 1 is 1.00 bits per heavy atom. The maximum absolute atomic E-state index is 3.93. The van der Waals surface area contributed by atoms with Crippen LogP contribution in [0, 0.1) is 46.3 Å². The smallest absolute Gasteiger partial charge is 0.0183 e. The summed E-state index contributed by atoms with van der Waals surface area (Å²) in [4.78, 5) is 0.736. The van der Waals surface area contributed by atoms with Crippen LogP contribution in [0.1, 0.15) is 105 Å². The van der Waals surface area contributed by atoms with Crippen molar-refractivity contribution in [3.05, 3.63) is 11.6 Å². The van der Waals surface area contributed by atoms with Gasteiger partial charge in [0, 0.05) is 4.83 Å². The molecule has 4 aliphatic carbocycles. The predicted molar refractivity (Wildman–Crippen MR) is 126 cm³/mol. The zero-order chi connectivity index (χ0) is 20.1. The third-order valence-corrected chi connectivity index (χ3v) is 11.0. The fraction of sp³-hybridized carbons (Fsp3) is 0.926. The van der Waals surface area contributed by atoms with Gasteiger partial charge in [-0.1, -0.05) is 81.5 Å². The minimum absolute atomic E-state index is 0.523. The third-order valence-electron chi connectivity index (χ3n) is 10.2. The van der Waals surface area contributed by atoms with E-state index in [4.69, 9.17) is 0 Å². The molecule has 0 aromatic carbocycles. The predicted octanol–water partition coefficient (Wildman–Crippen LogP) is 8.79. The average molecular weight is 450 g/mol. The lowest BCUT2D eigenvalue weighted by Gasteiger charge is -2.58. The van der Waals surface area contributed by atoms with E-state index in [9.17, 15) is 0 Å². The molecule has 28 heavy (non-hydrogen) atoms. The van der Waals surface area contributed by atoms with Gasteiger partial charge in [0.1, 0.15) is 0 Å². The van der Waals surface area contributed by atoms with E-state index in [1.165, 1.54) is 70.6 Å². The molecule has 0 heterocycles. The summed E-state index contributed by atoms with van der Waals surface area (Å²) in [6.45, 7) is 12.7. The van der Waals surface area contributed by atoms with E-state index in [0.717, 1.165) is 40.3 Å². The lowest BCUT2D eigenvalue weighted by Crippen LogP contribution is -2.50. The first kappa shape index (κ1) is 21.5.